The first kappa shape index (κ1) is 10.9. The molecule has 2 atom stereocenters. The van der Waals surface area contributed by atoms with Crippen LogP contribution in [0.5, 0.6) is 0 Å². The molecule has 17 heavy (non-hydrogen) atoms. The minimum atomic E-state index is 0.684. The molecular formula is C16H16S. The third-order valence-electron chi connectivity index (χ3n) is 3.54. The van der Waals surface area contributed by atoms with Crippen LogP contribution < -0.4 is 0 Å². The van der Waals surface area contributed by atoms with Crippen molar-refractivity contribution in [3.05, 3.63) is 71.8 Å². The second-order valence-corrected chi connectivity index (χ2v) is 5.65. The normalized spacial score (nSPS) is 23.8. The van der Waals surface area contributed by atoms with Crippen molar-refractivity contribution in [2.45, 2.75) is 11.8 Å². The van der Waals surface area contributed by atoms with Crippen molar-refractivity contribution in [1.29, 1.82) is 0 Å². The Morgan fingerprint density at radius 3 is 1.47 bits per heavy atom. The van der Waals surface area contributed by atoms with Gasteiger partial charge in [-0.05, 0) is 11.1 Å². The average Bonchev–Trinajstić information content (AvgIpc) is 2.90. The largest absolute Gasteiger partial charge is 0.161 e. The van der Waals surface area contributed by atoms with Gasteiger partial charge in [0.2, 0.25) is 0 Å². The molecule has 3 rings (SSSR count). The molecule has 1 heteroatoms. The lowest BCUT2D eigenvalue weighted by molar-refractivity contribution is 0.666. The van der Waals surface area contributed by atoms with Gasteiger partial charge in [0.05, 0.1) is 0 Å². The van der Waals surface area contributed by atoms with Crippen molar-refractivity contribution in [1.82, 2.24) is 0 Å². The Bertz CT molecular complexity index is 418. The van der Waals surface area contributed by atoms with Crippen LogP contribution in [0.15, 0.2) is 60.7 Å². The van der Waals surface area contributed by atoms with Crippen LogP contribution in [0.1, 0.15) is 23.0 Å². The molecule has 1 fully saturated rings. The first-order valence-corrected chi connectivity index (χ1v) is 7.28. The number of rotatable bonds is 2. The summed E-state index contributed by atoms with van der Waals surface area (Å²) >= 11 is 2.08. The second-order valence-electron chi connectivity index (χ2n) is 4.57. The standard InChI is InChI=1S/C16H16S/c1-3-7-13(8-4-1)15-11-17-12-16(15)14-9-5-2-6-10-14/h1-10,15-16H,11-12H2. The fourth-order valence-electron chi connectivity index (χ4n) is 2.61. The van der Waals surface area contributed by atoms with E-state index in [4.69, 9.17) is 0 Å². The Morgan fingerprint density at radius 1 is 0.647 bits per heavy atom. The third kappa shape index (κ3) is 2.25. The lowest BCUT2D eigenvalue weighted by Crippen LogP contribution is -2.08. The smallest absolute Gasteiger partial charge is 0.000789 e. The molecule has 0 aromatic heterocycles. The van der Waals surface area contributed by atoms with Crippen molar-refractivity contribution in [3.63, 3.8) is 0 Å². The van der Waals surface area contributed by atoms with Gasteiger partial charge in [0.25, 0.3) is 0 Å². The molecule has 1 aliphatic rings. The van der Waals surface area contributed by atoms with Crippen LogP contribution in [-0.4, -0.2) is 11.5 Å². The van der Waals surface area contributed by atoms with Gasteiger partial charge in [-0.25, -0.2) is 0 Å². The summed E-state index contributed by atoms with van der Waals surface area (Å²) < 4.78 is 0. The maximum Gasteiger partial charge on any atom is 0.000789 e. The van der Waals surface area contributed by atoms with E-state index in [1.54, 1.807) is 0 Å². The molecule has 1 aliphatic heterocycles. The Morgan fingerprint density at radius 2 is 1.06 bits per heavy atom. The Kier molecular flexibility index (Phi) is 3.19. The van der Waals surface area contributed by atoms with E-state index >= 15 is 0 Å². The highest BCUT2D eigenvalue weighted by molar-refractivity contribution is 7.99. The van der Waals surface area contributed by atoms with Gasteiger partial charge in [-0.15, -0.1) is 0 Å². The molecule has 0 spiro atoms. The van der Waals surface area contributed by atoms with Gasteiger partial charge in [-0.2, -0.15) is 11.8 Å². The molecule has 0 radical (unpaired) electrons. The Labute approximate surface area is 107 Å². The highest BCUT2D eigenvalue weighted by Crippen LogP contribution is 2.43. The molecule has 2 aromatic carbocycles. The second kappa shape index (κ2) is 4.97. The minimum Gasteiger partial charge on any atom is -0.161 e. The van der Waals surface area contributed by atoms with E-state index in [1.807, 2.05) is 0 Å². The maximum atomic E-state index is 2.27. The van der Waals surface area contributed by atoms with Crippen LogP contribution in [0, 0.1) is 0 Å². The van der Waals surface area contributed by atoms with E-state index in [1.165, 1.54) is 22.6 Å². The SMILES string of the molecule is c1ccc(C2CSCC2c2ccccc2)cc1. The molecule has 0 bridgehead atoms. The number of thioether (sulfide) groups is 1. The van der Waals surface area contributed by atoms with Crippen LogP contribution in [0.4, 0.5) is 0 Å². The van der Waals surface area contributed by atoms with Gasteiger partial charge in [-0.3, -0.25) is 0 Å². The molecule has 0 aliphatic carbocycles. The van der Waals surface area contributed by atoms with Crippen LogP contribution in [0.2, 0.25) is 0 Å². The van der Waals surface area contributed by atoms with Crippen LogP contribution >= 0.6 is 11.8 Å². The molecular weight excluding hydrogens is 224 g/mol. The zero-order valence-electron chi connectivity index (χ0n) is 9.75. The zero-order valence-corrected chi connectivity index (χ0v) is 10.6. The maximum absolute atomic E-state index is 2.27. The first-order chi connectivity index (χ1) is 8.45. The summed E-state index contributed by atoms with van der Waals surface area (Å²) in [7, 11) is 0. The van der Waals surface area contributed by atoms with Crippen LogP contribution in [0.25, 0.3) is 0 Å². The molecule has 0 amide bonds. The Balaban J connectivity index is 1.91. The van der Waals surface area contributed by atoms with Crippen molar-refractivity contribution < 1.29 is 0 Å². The van der Waals surface area contributed by atoms with Crippen LogP contribution in [-0.2, 0) is 0 Å². The molecule has 0 nitrogen and oxygen atoms in total. The van der Waals surface area contributed by atoms with Crippen molar-refractivity contribution in [2.24, 2.45) is 0 Å². The van der Waals surface area contributed by atoms with Gasteiger partial charge >= 0.3 is 0 Å². The molecule has 1 heterocycles. The van der Waals surface area contributed by atoms with Crippen molar-refractivity contribution in [3.8, 4) is 0 Å². The van der Waals surface area contributed by atoms with E-state index in [-0.39, 0.29) is 0 Å². The molecule has 2 unspecified atom stereocenters. The zero-order chi connectivity index (χ0) is 11.5. The van der Waals surface area contributed by atoms with Gasteiger partial charge in [0, 0.05) is 23.3 Å². The lowest BCUT2D eigenvalue weighted by Gasteiger charge is -2.19. The lowest BCUT2D eigenvalue weighted by atomic mass is 9.84. The Hall–Kier alpha value is -1.21. The fourth-order valence-corrected chi connectivity index (χ4v) is 4.11. The molecule has 86 valence electrons. The van der Waals surface area contributed by atoms with Gasteiger partial charge < -0.3 is 0 Å². The quantitative estimate of drug-likeness (QED) is 0.754. The van der Waals surface area contributed by atoms with E-state index in [0.717, 1.165) is 0 Å². The summed E-state index contributed by atoms with van der Waals surface area (Å²) in [5.74, 6) is 3.87. The summed E-state index contributed by atoms with van der Waals surface area (Å²) in [6, 6.07) is 21.9. The van der Waals surface area contributed by atoms with E-state index in [0.29, 0.717) is 11.8 Å². The number of hydrogen-bond acceptors (Lipinski definition) is 1. The third-order valence-corrected chi connectivity index (χ3v) is 4.73. The van der Waals surface area contributed by atoms with Crippen molar-refractivity contribution >= 4 is 11.8 Å². The summed E-state index contributed by atoms with van der Waals surface area (Å²) in [6.07, 6.45) is 0. The number of benzene rings is 2. The summed E-state index contributed by atoms with van der Waals surface area (Å²) in [6.45, 7) is 0. The van der Waals surface area contributed by atoms with Crippen molar-refractivity contribution in [2.75, 3.05) is 11.5 Å². The predicted molar refractivity (Wildman–Crippen MR) is 75.7 cm³/mol. The predicted octanol–water partition coefficient (Wildman–Crippen LogP) is 4.30. The monoisotopic (exact) mass is 240 g/mol. The topological polar surface area (TPSA) is 0 Å². The summed E-state index contributed by atoms with van der Waals surface area (Å²) in [5, 5.41) is 0. The van der Waals surface area contributed by atoms with E-state index in [2.05, 4.69) is 72.4 Å². The highest BCUT2D eigenvalue weighted by Gasteiger charge is 2.29. The highest BCUT2D eigenvalue weighted by atomic mass is 32.2. The van der Waals surface area contributed by atoms with Gasteiger partial charge in [0.1, 0.15) is 0 Å². The average molecular weight is 240 g/mol. The van der Waals surface area contributed by atoms with E-state index in [9.17, 15) is 0 Å². The first-order valence-electron chi connectivity index (χ1n) is 6.13. The van der Waals surface area contributed by atoms with Crippen LogP contribution in [0.3, 0.4) is 0 Å². The van der Waals surface area contributed by atoms with Gasteiger partial charge in [-0.1, -0.05) is 60.7 Å². The summed E-state index contributed by atoms with van der Waals surface area (Å²) in [4.78, 5) is 0. The molecule has 0 saturated carbocycles. The van der Waals surface area contributed by atoms with Gasteiger partial charge in [0.15, 0.2) is 0 Å². The minimum absolute atomic E-state index is 0.684. The number of hydrogen-bond donors (Lipinski definition) is 0. The molecule has 2 aromatic rings. The molecule has 1 saturated heterocycles. The fraction of sp³-hybridized carbons (Fsp3) is 0.250. The molecule has 0 N–H and O–H groups in total. The summed E-state index contributed by atoms with van der Waals surface area (Å²) in [5.41, 5.74) is 2.98. The van der Waals surface area contributed by atoms with E-state index < -0.39 is 0 Å².